The maximum atomic E-state index is 14.0. The number of thioether (sulfide) groups is 1. The van der Waals surface area contributed by atoms with Crippen molar-refractivity contribution < 1.29 is 14.0 Å². The Morgan fingerprint density at radius 1 is 1.12 bits per heavy atom. The highest BCUT2D eigenvalue weighted by molar-refractivity contribution is 7.99. The molecular weight excluding hydrogens is 365 g/mol. The topological polar surface area (TPSA) is 70.2 Å². The Bertz CT molecular complexity index is 620. The molecule has 2 fully saturated rings. The molecule has 0 aromatic heterocycles. The van der Waals surface area contributed by atoms with Crippen molar-refractivity contribution in [2.75, 3.05) is 22.3 Å². The van der Waals surface area contributed by atoms with E-state index in [2.05, 4.69) is 16.0 Å². The summed E-state index contributed by atoms with van der Waals surface area (Å²) in [5.74, 6) is 0.660. The van der Waals surface area contributed by atoms with Crippen LogP contribution in [0.5, 0.6) is 0 Å². The number of hydrogen-bond acceptors (Lipinski definition) is 4. The first-order valence-corrected chi connectivity index (χ1v) is 9.51. The van der Waals surface area contributed by atoms with Crippen LogP contribution in [-0.4, -0.2) is 29.5 Å². The molecule has 1 aromatic carbocycles. The highest BCUT2D eigenvalue weighted by atomic mass is 35.5. The zero-order valence-corrected chi connectivity index (χ0v) is 15.5. The molecule has 1 aliphatic carbocycles. The third-order valence-corrected chi connectivity index (χ3v) is 5.44. The first kappa shape index (κ1) is 20.0. The zero-order valence-electron chi connectivity index (χ0n) is 13.8. The summed E-state index contributed by atoms with van der Waals surface area (Å²) in [7, 11) is 0. The third kappa shape index (κ3) is 5.33. The lowest BCUT2D eigenvalue weighted by Crippen LogP contribution is -2.37. The summed E-state index contributed by atoms with van der Waals surface area (Å²) < 4.78 is 14.0. The molecule has 1 saturated carbocycles. The summed E-state index contributed by atoms with van der Waals surface area (Å²) in [6.07, 6.45) is 4.96. The van der Waals surface area contributed by atoms with E-state index in [-0.39, 0.29) is 41.9 Å². The number of rotatable bonds is 4. The van der Waals surface area contributed by atoms with Crippen molar-refractivity contribution in [1.29, 1.82) is 0 Å². The molecule has 8 heteroatoms. The SMILES string of the molecule is Cl.O=C(Nc1cc(NC(=O)C2CSCN2)ccc1F)C1CCCCC1. The average Bonchev–Trinajstić information content (AvgIpc) is 3.13. The summed E-state index contributed by atoms with van der Waals surface area (Å²) in [4.78, 5) is 24.4. The van der Waals surface area contributed by atoms with Gasteiger partial charge in [-0.05, 0) is 31.0 Å². The van der Waals surface area contributed by atoms with E-state index in [1.807, 2.05) is 0 Å². The van der Waals surface area contributed by atoms with Crippen molar-refractivity contribution in [2.24, 2.45) is 5.92 Å². The number of carbonyl (C=O) groups is 2. The van der Waals surface area contributed by atoms with E-state index < -0.39 is 5.82 Å². The predicted octanol–water partition coefficient (Wildman–Crippen LogP) is 3.37. The molecule has 25 heavy (non-hydrogen) atoms. The van der Waals surface area contributed by atoms with Crippen LogP contribution in [0.25, 0.3) is 0 Å². The Morgan fingerprint density at radius 3 is 2.56 bits per heavy atom. The van der Waals surface area contributed by atoms with Gasteiger partial charge in [0.25, 0.3) is 0 Å². The van der Waals surface area contributed by atoms with E-state index in [1.165, 1.54) is 18.2 Å². The van der Waals surface area contributed by atoms with Gasteiger partial charge >= 0.3 is 0 Å². The lowest BCUT2D eigenvalue weighted by molar-refractivity contribution is -0.120. The minimum absolute atomic E-state index is 0. The van der Waals surface area contributed by atoms with Crippen molar-refractivity contribution in [1.82, 2.24) is 5.32 Å². The molecule has 1 aliphatic heterocycles. The van der Waals surface area contributed by atoms with Crippen molar-refractivity contribution in [2.45, 2.75) is 38.1 Å². The number of amides is 2. The first-order chi connectivity index (χ1) is 11.6. The number of nitrogens with one attached hydrogen (secondary N) is 3. The molecule has 2 aliphatic rings. The van der Waals surface area contributed by atoms with Crippen molar-refractivity contribution >= 4 is 47.4 Å². The summed E-state index contributed by atoms with van der Waals surface area (Å²) in [5, 5.41) is 8.53. The fraction of sp³-hybridized carbons (Fsp3) is 0.529. The molecule has 0 radical (unpaired) electrons. The van der Waals surface area contributed by atoms with E-state index in [1.54, 1.807) is 11.8 Å². The zero-order chi connectivity index (χ0) is 16.9. The molecule has 1 saturated heterocycles. The second-order valence-electron chi connectivity index (χ2n) is 6.28. The molecule has 1 unspecified atom stereocenters. The molecule has 0 spiro atoms. The van der Waals surface area contributed by atoms with Crippen molar-refractivity contribution in [3.63, 3.8) is 0 Å². The van der Waals surface area contributed by atoms with Crippen LogP contribution in [0.2, 0.25) is 0 Å². The minimum Gasteiger partial charge on any atom is -0.325 e. The average molecular weight is 388 g/mol. The van der Waals surface area contributed by atoms with Gasteiger partial charge in [0, 0.05) is 23.2 Å². The number of halogens is 2. The van der Waals surface area contributed by atoms with Gasteiger partial charge in [-0.3, -0.25) is 14.9 Å². The molecular formula is C17H23ClFN3O2S. The van der Waals surface area contributed by atoms with Crippen LogP contribution < -0.4 is 16.0 Å². The van der Waals surface area contributed by atoms with Gasteiger partial charge < -0.3 is 10.6 Å². The Kier molecular flexibility index (Phi) is 7.53. The number of benzene rings is 1. The third-order valence-electron chi connectivity index (χ3n) is 4.50. The van der Waals surface area contributed by atoms with E-state index >= 15 is 0 Å². The van der Waals surface area contributed by atoms with Gasteiger partial charge in [0.15, 0.2) is 0 Å². The van der Waals surface area contributed by atoms with Crippen molar-refractivity contribution in [3.8, 4) is 0 Å². The quantitative estimate of drug-likeness (QED) is 0.740. The molecule has 5 nitrogen and oxygen atoms in total. The molecule has 1 aromatic rings. The van der Waals surface area contributed by atoms with Crippen LogP contribution in [-0.2, 0) is 9.59 Å². The maximum Gasteiger partial charge on any atom is 0.242 e. The number of hydrogen-bond donors (Lipinski definition) is 3. The fourth-order valence-electron chi connectivity index (χ4n) is 3.09. The van der Waals surface area contributed by atoms with E-state index in [4.69, 9.17) is 0 Å². The lowest BCUT2D eigenvalue weighted by Gasteiger charge is -2.21. The molecule has 2 amide bonds. The van der Waals surface area contributed by atoms with Crippen LogP contribution >= 0.6 is 24.2 Å². The van der Waals surface area contributed by atoms with Gasteiger partial charge in [0.2, 0.25) is 11.8 Å². The van der Waals surface area contributed by atoms with Crippen LogP contribution in [0.15, 0.2) is 18.2 Å². The Morgan fingerprint density at radius 2 is 1.88 bits per heavy atom. The lowest BCUT2D eigenvalue weighted by atomic mass is 9.88. The number of carbonyl (C=O) groups excluding carboxylic acids is 2. The van der Waals surface area contributed by atoms with Crippen LogP contribution in [0.1, 0.15) is 32.1 Å². The van der Waals surface area contributed by atoms with E-state index in [9.17, 15) is 14.0 Å². The second kappa shape index (κ2) is 9.40. The summed E-state index contributed by atoms with van der Waals surface area (Å²) in [5.41, 5.74) is 0.608. The summed E-state index contributed by atoms with van der Waals surface area (Å²) >= 11 is 1.66. The largest absolute Gasteiger partial charge is 0.325 e. The molecule has 138 valence electrons. The standard InChI is InChI=1S/C17H22FN3O2S.ClH/c18-13-7-6-12(20-17(23)15-9-24-10-19-15)8-14(13)21-16(22)11-4-2-1-3-5-11;/h6-8,11,15,19H,1-5,9-10H2,(H,20,23)(H,21,22);1H. The smallest absolute Gasteiger partial charge is 0.242 e. The second-order valence-corrected chi connectivity index (χ2v) is 7.31. The monoisotopic (exact) mass is 387 g/mol. The van der Waals surface area contributed by atoms with Crippen LogP contribution in [0.3, 0.4) is 0 Å². The summed E-state index contributed by atoms with van der Waals surface area (Å²) in [6, 6.07) is 4.02. The predicted molar refractivity (Wildman–Crippen MR) is 102 cm³/mol. The normalized spacial score (nSPS) is 20.6. The molecule has 1 heterocycles. The molecule has 0 bridgehead atoms. The van der Waals surface area contributed by atoms with Crippen molar-refractivity contribution in [3.05, 3.63) is 24.0 Å². The van der Waals surface area contributed by atoms with Gasteiger partial charge in [-0.2, -0.15) is 0 Å². The van der Waals surface area contributed by atoms with Gasteiger partial charge in [-0.15, -0.1) is 24.2 Å². The fourth-order valence-corrected chi connectivity index (χ4v) is 4.03. The van der Waals surface area contributed by atoms with Crippen LogP contribution in [0.4, 0.5) is 15.8 Å². The highest BCUT2D eigenvalue weighted by Gasteiger charge is 2.24. The Labute approximate surface area is 157 Å². The molecule has 3 rings (SSSR count). The van der Waals surface area contributed by atoms with Gasteiger partial charge in [0.05, 0.1) is 11.7 Å². The first-order valence-electron chi connectivity index (χ1n) is 8.36. The summed E-state index contributed by atoms with van der Waals surface area (Å²) in [6.45, 7) is 0. The van der Waals surface area contributed by atoms with E-state index in [0.29, 0.717) is 5.69 Å². The Balaban J connectivity index is 0.00000225. The Hall–Kier alpha value is -1.31. The number of anilines is 2. The van der Waals surface area contributed by atoms with Gasteiger partial charge in [0.1, 0.15) is 5.82 Å². The highest BCUT2D eigenvalue weighted by Crippen LogP contribution is 2.26. The van der Waals surface area contributed by atoms with Gasteiger partial charge in [-0.1, -0.05) is 19.3 Å². The molecule has 1 atom stereocenters. The van der Waals surface area contributed by atoms with Gasteiger partial charge in [-0.25, -0.2) is 4.39 Å². The maximum absolute atomic E-state index is 14.0. The minimum atomic E-state index is -0.494. The molecule has 3 N–H and O–H groups in total. The van der Waals surface area contributed by atoms with Crippen LogP contribution in [0, 0.1) is 11.7 Å². The van der Waals surface area contributed by atoms with E-state index in [0.717, 1.165) is 43.7 Å².